The summed E-state index contributed by atoms with van der Waals surface area (Å²) in [6.45, 7) is 5.76. The molecule has 0 radical (unpaired) electrons. The highest BCUT2D eigenvalue weighted by molar-refractivity contribution is 8.00. The van der Waals surface area contributed by atoms with E-state index in [2.05, 4.69) is 18.3 Å². The summed E-state index contributed by atoms with van der Waals surface area (Å²) >= 11 is 1.84. The molecule has 0 saturated carbocycles. The molecule has 0 saturated heterocycles. The van der Waals surface area contributed by atoms with E-state index in [9.17, 15) is 4.79 Å². The van der Waals surface area contributed by atoms with E-state index in [1.807, 2.05) is 66.1 Å². The van der Waals surface area contributed by atoms with E-state index in [0.29, 0.717) is 11.9 Å². The number of fused-ring (bicyclic) bond motifs is 1. The van der Waals surface area contributed by atoms with Gasteiger partial charge in [-0.2, -0.15) is 0 Å². The number of para-hydroxylation sites is 3. The zero-order valence-electron chi connectivity index (χ0n) is 14.7. The number of ether oxygens (including phenoxy) is 1. The number of thioether (sulfide) groups is 1. The summed E-state index contributed by atoms with van der Waals surface area (Å²) in [5.41, 5.74) is 1.87. The molecule has 0 aliphatic carbocycles. The number of amides is 1. The van der Waals surface area contributed by atoms with Gasteiger partial charge in [0.15, 0.2) is 0 Å². The standard InChI is InChI=1S/C20H24N2O2S/c1-3-24-18-10-6-4-8-16(18)21-14-20(23)22-13-12-15(2)25-19-11-7-5-9-17(19)22/h4-11,15,21H,3,12-14H2,1-2H3/t15-/m1/s1. The normalized spacial score (nSPS) is 16.7. The van der Waals surface area contributed by atoms with Crippen molar-refractivity contribution in [3.63, 3.8) is 0 Å². The van der Waals surface area contributed by atoms with Crippen LogP contribution in [0.25, 0.3) is 0 Å². The first-order chi connectivity index (χ1) is 12.2. The molecule has 132 valence electrons. The summed E-state index contributed by atoms with van der Waals surface area (Å²) in [5, 5.41) is 3.74. The highest BCUT2D eigenvalue weighted by Crippen LogP contribution is 2.37. The number of nitrogens with zero attached hydrogens (tertiary/aromatic N) is 1. The molecule has 2 aromatic rings. The molecular formula is C20H24N2O2S. The van der Waals surface area contributed by atoms with Gasteiger partial charge in [-0.3, -0.25) is 4.79 Å². The second kappa shape index (κ2) is 8.30. The second-order valence-corrected chi connectivity index (χ2v) is 7.49. The molecule has 1 aliphatic heterocycles. The molecule has 1 atom stereocenters. The fourth-order valence-electron chi connectivity index (χ4n) is 2.91. The summed E-state index contributed by atoms with van der Waals surface area (Å²) in [5.74, 6) is 0.853. The SMILES string of the molecule is CCOc1ccccc1NCC(=O)N1CC[C@@H](C)Sc2ccccc21. The lowest BCUT2D eigenvalue weighted by Gasteiger charge is -2.23. The van der Waals surface area contributed by atoms with Crippen molar-refractivity contribution >= 4 is 29.0 Å². The van der Waals surface area contributed by atoms with Gasteiger partial charge in [-0.05, 0) is 37.6 Å². The van der Waals surface area contributed by atoms with E-state index in [1.54, 1.807) is 0 Å². The van der Waals surface area contributed by atoms with Gasteiger partial charge in [-0.15, -0.1) is 11.8 Å². The minimum absolute atomic E-state index is 0.0773. The lowest BCUT2D eigenvalue weighted by molar-refractivity contribution is -0.117. The van der Waals surface area contributed by atoms with E-state index >= 15 is 0 Å². The van der Waals surface area contributed by atoms with Gasteiger partial charge in [-0.1, -0.05) is 31.2 Å². The Hall–Kier alpha value is -2.14. The number of carbonyl (C=O) groups excluding carboxylic acids is 1. The number of rotatable bonds is 5. The first-order valence-corrected chi connectivity index (χ1v) is 9.58. The molecular weight excluding hydrogens is 332 g/mol. The van der Waals surface area contributed by atoms with E-state index in [4.69, 9.17) is 4.74 Å². The Morgan fingerprint density at radius 3 is 2.84 bits per heavy atom. The molecule has 1 amide bonds. The Morgan fingerprint density at radius 1 is 1.24 bits per heavy atom. The summed E-state index contributed by atoms with van der Waals surface area (Å²) in [7, 11) is 0. The average molecular weight is 356 g/mol. The third-order valence-electron chi connectivity index (χ3n) is 4.16. The van der Waals surface area contributed by atoms with Crippen molar-refractivity contribution in [3.05, 3.63) is 48.5 Å². The predicted octanol–water partition coefficient (Wildman–Crippen LogP) is 4.41. The lowest BCUT2D eigenvalue weighted by Crippen LogP contribution is -2.36. The van der Waals surface area contributed by atoms with Crippen LogP contribution in [0.1, 0.15) is 20.3 Å². The van der Waals surface area contributed by atoms with Gasteiger partial charge in [0.2, 0.25) is 5.91 Å². The third-order valence-corrected chi connectivity index (χ3v) is 5.40. The van der Waals surface area contributed by atoms with Crippen molar-refractivity contribution in [1.29, 1.82) is 0 Å². The van der Waals surface area contributed by atoms with Gasteiger partial charge < -0.3 is 15.0 Å². The van der Waals surface area contributed by atoms with Gasteiger partial charge in [0.1, 0.15) is 5.75 Å². The van der Waals surface area contributed by atoms with Crippen molar-refractivity contribution in [2.75, 3.05) is 29.9 Å². The number of carbonyl (C=O) groups is 1. The van der Waals surface area contributed by atoms with Crippen LogP contribution in [-0.2, 0) is 4.79 Å². The number of hydrogen-bond acceptors (Lipinski definition) is 4. The molecule has 0 aromatic heterocycles. The van der Waals surface area contributed by atoms with Crippen LogP contribution in [0.15, 0.2) is 53.4 Å². The fourth-order valence-corrected chi connectivity index (χ4v) is 4.02. The molecule has 2 aromatic carbocycles. The quantitative estimate of drug-likeness (QED) is 0.861. The lowest BCUT2D eigenvalue weighted by atomic mass is 10.2. The monoisotopic (exact) mass is 356 g/mol. The second-order valence-electron chi connectivity index (χ2n) is 6.01. The minimum Gasteiger partial charge on any atom is -0.492 e. The van der Waals surface area contributed by atoms with Crippen molar-refractivity contribution in [2.24, 2.45) is 0 Å². The van der Waals surface area contributed by atoms with Crippen LogP contribution in [0.5, 0.6) is 5.75 Å². The molecule has 4 nitrogen and oxygen atoms in total. The Morgan fingerprint density at radius 2 is 2.00 bits per heavy atom. The number of nitrogens with one attached hydrogen (secondary N) is 1. The van der Waals surface area contributed by atoms with Gasteiger partial charge >= 0.3 is 0 Å². The van der Waals surface area contributed by atoms with Crippen LogP contribution in [-0.4, -0.2) is 30.9 Å². The molecule has 0 spiro atoms. The fraction of sp³-hybridized carbons (Fsp3) is 0.350. The van der Waals surface area contributed by atoms with Crippen molar-refractivity contribution < 1.29 is 9.53 Å². The Bertz CT molecular complexity index is 735. The van der Waals surface area contributed by atoms with Crippen LogP contribution in [0.4, 0.5) is 11.4 Å². The largest absolute Gasteiger partial charge is 0.492 e. The van der Waals surface area contributed by atoms with Gasteiger partial charge in [0.05, 0.1) is 24.5 Å². The molecule has 0 unspecified atom stereocenters. The minimum atomic E-state index is 0.0773. The molecule has 0 fully saturated rings. The summed E-state index contributed by atoms with van der Waals surface area (Å²) in [4.78, 5) is 16.0. The van der Waals surface area contributed by atoms with E-state index in [0.717, 1.165) is 30.1 Å². The van der Waals surface area contributed by atoms with Gasteiger partial charge in [-0.25, -0.2) is 0 Å². The average Bonchev–Trinajstić information content (AvgIpc) is 2.79. The number of hydrogen-bond donors (Lipinski definition) is 1. The Labute approximate surface area is 153 Å². The van der Waals surface area contributed by atoms with Crippen LogP contribution >= 0.6 is 11.8 Å². The molecule has 1 heterocycles. The molecule has 0 bridgehead atoms. The van der Waals surface area contributed by atoms with Crippen LogP contribution < -0.4 is 15.0 Å². The van der Waals surface area contributed by atoms with Crippen LogP contribution in [0.3, 0.4) is 0 Å². The number of benzene rings is 2. The maximum absolute atomic E-state index is 12.9. The maximum Gasteiger partial charge on any atom is 0.246 e. The zero-order chi connectivity index (χ0) is 17.6. The molecule has 1 aliphatic rings. The first kappa shape index (κ1) is 17.7. The van der Waals surface area contributed by atoms with Crippen molar-refractivity contribution in [1.82, 2.24) is 0 Å². The molecule has 25 heavy (non-hydrogen) atoms. The highest BCUT2D eigenvalue weighted by atomic mass is 32.2. The zero-order valence-corrected chi connectivity index (χ0v) is 15.5. The predicted molar refractivity (Wildman–Crippen MR) is 105 cm³/mol. The van der Waals surface area contributed by atoms with Crippen molar-refractivity contribution in [2.45, 2.75) is 30.4 Å². The smallest absolute Gasteiger partial charge is 0.246 e. The van der Waals surface area contributed by atoms with Gasteiger partial charge in [0.25, 0.3) is 0 Å². The highest BCUT2D eigenvalue weighted by Gasteiger charge is 2.23. The van der Waals surface area contributed by atoms with E-state index in [1.165, 1.54) is 4.90 Å². The summed E-state index contributed by atoms with van der Waals surface area (Å²) < 4.78 is 5.61. The molecule has 3 rings (SSSR count). The Kier molecular flexibility index (Phi) is 5.87. The van der Waals surface area contributed by atoms with E-state index < -0.39 is 0 Å². The van der Waals surface area contributed by atoms with E-state index in [-0.39, 0.29) is 12.5 Å². The first-order valence-electron chi connectivity index (χ1n) is 8.70. The maximum atomic E-state index is 12.9. The van der Waals surface area contributed by atoms with Gasteiger partial charge in [0, 0.05) is 16.7 Å². The topological polar surface area (TPSA) is 41.6 Å². The van der Waals surface area contributed by atoms with Crippen molar-refractivity contribution in [3.8, 4) is 5.75 Å². The molecule has 1 N–H and O–H groups in total. The number of anilines is 2. The molecule has 5 heteroatoms. The Balaban J connectivity index is 1.73. The van der Waals surface area contributed by atoms with Crippen LogP contribution in [0, 0.1) is 0 Å². The summed E-state index contributed by atoms with van der Waals surface area (Å²) in [6, 6.07) is 15.9. The third kappa shape index (κ3) is 4.28. The van der Waals surface area contributed by atoms with Crippen LogP contribution in [0.2, 0.25) is 0 Å². The summed E-state index contributed by atoms with van der Waals surface area (Å²) in [6.07, 6.45) is 0.987.